The molecular weight excluding hydrogens is 232 g/mol. The van der Waals surface area contributed by atoms with Crippen LogP contribution >= 0.6 is 11.8 Å². The first kappa shape index (κ1) is 13.9. The van der Waals surface area contributed by atoms with Crippen LogP contribution < -0.4 is 10.2 Å². The van der Waals surface area contributed by atoms with Crippen molar-refractivity contribution in [3.05, 3.63) is 11.9 Å². The Bertz CT molecular complexity index is 378. The predicted octanol–water partition coefficient (Wildman–Crippen LogP) is 0.942. The highest BCUT2D eigenvalue weighted by atomic mass is 32.2. The quantitative estimate of drug-likeness (QED) is 0.578. The van der Waals surface area contributed by atoms with Crippen LogP contribution in [0.3, 0.4) is 0 Å². The zero-order valence-electron chi connectivity index (χ0n) is 10.7. The first-order valence-corrected chi connectivity index (χ1v) is 6.72. The van der Waals surface area contributed by atoms with Crippen LogP contribution in [0.4, 0.5) is 5.95 Å². The van der Waals surface area contributed by atoms with Gasteiger partial charge in [-0.05, 0) is 0 Å². The monoisotopic (exact) mass is 252 g/mol. The number of terminal acetylenes is 1. The molecule has 1 rings (SSSR count). The Labute approximate surface area is 108 Å². The lowest BCUT2D eigenvalue weighted by Gasteiger charge is -2.12. The van der Waals surface area contributed by atoms with Gasteiger partial charge in [-0.1, -0.05) is 5.92 Å². The summed E-state index contributed by atoms with van der Waals surface area (Å²) in [7, 11) is 6.03. The zero-order chi connectivity index (χ0) is 12.7. The minimum absolute atomic E-state index is 0.790. The molecule has 0 aliphatic heterocycles. The maximum atomic E-state index is 5.18. The number of hydrogen-bond acceptors (Lipinski definition) is 4. The van der Waals surface area contributed by atoms with Crippen LogP contribution in [0.1, 0.15) is 5.69 Å². The average Bonchev–Trinajstić information content (AvgIpc) is 2.65. The van der Waals surface area contributed by atoms with Gasteiger partial charge < -0.3 is 14.8 Å². The molecule has 0 bridgehead atoms. The topological polar surface area (TPSA) is 33.1 Å². The smallest absolute Gasteiger partial charge is 0.204 e. The molecule has 0 fully saturated rings. The maximum absolute atomic E-state index is 5.18. The molecule has 17 heavy (non-hydrogen) atoms. The Morgan fingerprint density at radius 1 is 1.59 bits per heavy atom. The summed E-state index contributed by atoms with van der Waals surface area (Å²) in [6.45, 7) is 1.81. The van der Waals surface area contributed by atoms with Crippen molar-refractivity contribution < 1.29 is 0 Å². The van der Waals surface area contributed by atoms with E-state index in [4.69, 9.17) is 6.42 Å². The fourth-order valence-electron chi connectivity index (χ4n) is 1.51. The minimum atomic E-state index is 0.790. The van der Waals surface area contributed by atoms with Crippen molar-refractivity contribution in [3.8, 4) is 12.3 Å². The molecule has 1 heterocycles. The van der Waals surface area contributed by atoms with E-state index in [1.54, 1.807) is 11.8 Å². The highest BCUT2D eigenvalue weighted by Crippen LogP contribution is 2.10. The second-order valence-electron chi connectivity index (χ2n) is 3.94. The molecule has 0 aliphatic rings. The molecule has 0 saturated heterocycles. The van der Waals surface area contributed by atoms with Crippen molar-refractivity contribution in [2.75, 3.05) is 37.0 Å². The largest absolute Gasteiger partial charge is 0.348 e. The number of anilines is 1. The summed E-state index contributed by atoms with van der Waals surface area (Å²) < 4.78 is 2.10. The number of thioether (sulfide) groups is 1. The Morgan fingerprint density at radius 3 is 2.94 bits per heavy atom. The van der Waals surface area contributed by atoms with Crippen LogP contribution in [0.2, 0.25) is 0 Å². The first-order chi connectivity index (χ1) is 8.16. The molecule has 0 amide bonds. The van der Waals surface area contributed by atoms with Gasteiger partial charge >= 0.3 is 0 Å². The molecule has 0 aromatic carbocycles. The van der Waals surface area contributed by atoms with Gasteiger partial charge in [0.05, 0.1) is 17.6 Å². The van der Waals surface area contributed by atoms with Crippen LogP contribution in [0.25, 0.3) is 0 Å². The van der Waals surface area contributed by atoms with Crippen molar-refractivity contribution in [1.29, 1.82) is 0 Å². The summed E-state index contributed by atoms with van der Waals surface area (Å²) in [5.74, 6) is 5.43. The lowest BCUT2D eigenvalue weighted by molar-refractivity contribution is 0.682. The van der Waals surface area contributed by atoms with Crippen molar-refractivity contribution in [2.24, 2.45) is 7.05 Å². The van der Waals surface area contributed by atoms with E-state index >= 15 is 0 Å². The van der Waals surface area contributed by atoms with Crippen LogP contribution in [0.5, 0.6) is 0 Å². The van der Waals surface area contributed by atoms with E-state index in [1.807, 2.05) is 32.2 Å². The summed E-state index contributed by atoms with van der Waals surface area (Å²) in [4.78, 5) is 6.37. The maximum Gasteiger partial charge on any atom is 0.204 e. The molecule has 94 valence electrons. The van der Waals surface area contributed by atoms with Crippen molar-refractivity contribution >= 4 is 17.7 Å². The van der Waals surface area contributed by atoms with Crippen LogP contribution in [-0.4, -0.2) is 41.7 Å². The third kappa shape index (κ3) is 4.33. The van der Waals surface area contributed by atoms with Gasteiger partial charge in [0, 0.05) is 40.0 Å². The van der Waals surface area contributed by atoms with E-state index in [2.05, 4.69) is 20.8 Å². The molecule has 0 spiro atoms. The molecule has 4 nitrogen and oxygen atoms in total. The standard InChI is InChI=1S/C12H20N4S/c1-5-7-17-8-6-13-9-11-10-14-12(15(2)3)16(11)4/h1,10,13H,6-9H2,2-4H3. The molecule has 1 aromatic heterocycles. The SMILES string of the molecule is C#CCSCCNCc1cnc(N(C)C)n1C. The Hall–Kier alpha value is -1.12. The lowest BCUT2D eigenvalue weighted by Crippen LogP contribution is -2.20. The summed E-state index contributed by atoms with van der Waals surface area (Å²) >= 11 is 1.77. The van der Waals surface area contributed by atoms with Crippen molar-refractivity contribution in [1.82, 2.24) is 14.9 Å². The summed E-state index contributed by atoms with van der Waals surface area (Å²) in [6, 6.07) is 0. The number of nitrogens with one attached hydrogen (secondary N) is 1. The minimum Gasteiger partial charge on any atom is -0.348 e. The molecule has 0 radical (unpaired) electrons. The molecule has 0 aliphatic carbocycles. The van der Waals surface area contributed by atoms with Crippen LogP contribution in [0.15, 0.2) is 6.20 Å². The normalized spacial score (nSPS) is 10.2. The number of nitrogens with zero attached hydrogens (tertiary/aromatic N) is 3. The zero-order valence-corrected chi connectivity index (χ0v) is 11.5. The Balaban J connectivity index is 2.30. The average molecular weight is 252 g/mol. The number of aromatic nitrogens is 2. The number of rotatable bonds is 7. The Kier molecular flexibility index (Phi) is 5.95. The predicted molar refractivity (Wildman–Crippen MR) is 75.4 cm³/mol. The van der Waals surface area contributed by atoms with E-state index in [0.29, 0.717) is 0 Å². The van der Waals surface area contributed by atoms with Gasteiger partial charge in [-0.25, -0.2) is 4.98 Å². The second kappa shape index (κ2) is 7.25. The van der Waals surface area contributed by atoms with Gasteiger partial charge in [-0.3, -0.25) is 0 Å². The van der Waals surface area contributed by atoms with E-state index in [0.717, 1.165) is 30.5 Å². The van der Waals surface area contributed by atoms with Crippen molar-refractivity contribution in [2.45, 2.75) is 6.54 Å². The van der Waals surface area contributed by atoms with Gasteiger partial charge in [-0.15, -0.1) is 18.2 Å². The van der Waals surface area contributed by atoms with Gasteiger partial charge in [0.25, 0.3) is 0 Å². The van der Waals surface area contributed by atoms with Gasteiger partial charge in [0.1, 0.15) is 0 Å². The number of imidazole rings is 1. The third-order valence-corrected chi connectivity index (χ3v) is 3.24. The summed E-state index contributed by atoms with van der Waals surface area (Å²) in [6.07, 6.45) is 7.09. The second-order valence-corrected chi connectivity index (χ2v) is 5.04. The molecule has 0 atom stereocenters. The van der Waals surface area contributed by atoms with Crippen LogP contribution in [0, 0.1) is 12.3 Å². The van der Waals surface area contributed by atoms with E-state index in [1.165, 1.54) is 5.69 Å². The lowest BCUT2D eigenvalue weighted by atomic mass is 10.4. The van der Waals surface area contributed by atoms with E-state index < -0.39 is 0 Å². The van der Waals surface area contributed by atoms with Crippen LogP contribution in [-0.2, 0) is 13.6 Å². The summed E-state index contributed by atoms with van der Waals surface area (Å²) in [5, 5.41) is 3.38. The van der Waals surface area contributed by atoms with E-state index in [-0.39, 0.29) is 0 Å². The molecule has 0 saturated carbocycles. The van der Waals surface area contributed by atoms with Crippen molar-refractivity contribution in [3.63, 3.8) is 0 Å². The van der Waals surface area contributed by atoms with Gasteiger partial charge in [0.15, 0.2) is 0 Å². The molecular formula is C12H20N4S. The highest BCUT2D eigenvalue weighted by molar-refractivity contribution is 7.99. The third-order valence-electron chi connectivity index (χ3n) is 2.37. The number of hydrogen-bond donors (Lipinski definition) is 1. The fraction of sp³-hybridized carbons (Fsp3) is 0.583. The van der Waals surface area contributed by atoms with Gasteiger partial charge in [0.2, 0.25) is 5.95 Å². The van der Waals surface area contributed by atoms with Gasteiger partial charge in [-0.2, -0.15) is 0 Å². The molecule has 0 unspecified atom stereocenters. The highest BCUT2D eigenvalue weighted by Gasteiger charge is 2.06. The first-order valence-electron chi connectivity index (χ1n) is 5.56. The molecule has 5 heteroatoms. The molecule has 1 aromatic rings. The molecule has 1 N–H and O–H groups in total. The van der Waals surface area contributed by atoms with E-state index in [9.17, 15) is 0 Å². The fourth-order valence-corrected chi connectivity index (χ4v) is 2.06. The summed E-state index contributed by atoms with van der Waals surface area (Å²) in [5.41, 5.74) is 1.19. The Morgan fingerprint density at radius 2 is 2.35 bits per heavy atom.